The zero-order chi connectivity index (χ0) is 18.6. The molecule has 2 aromatic rings. The van der Waals surface area contributed by atoms with E-state index in [2.05, 4.69) is 22.3 Å². The normalized spacial score (nSPS) is 11.0. The quantitative estimate of drug-likeness (QED) is 0.639. The maximum Gasteiger partial charge on any atom is 0.435 e. The predicted octanol–water partition coefficient (Wildman–Crippen LogP) is 2.80. The van der Waals surface area contributed by atoms with Crippen LogP contribution in [0.15, 0.2) is 43.1 Å². The molecule has 0 aliphatic carbocycles. The standard InChI is InChI=1S/C15H12F4N4O2/c1-2-13(24)21-11-7-9(3-4-10(11)16)20-14(25)8-23-6-5-12(22-23)15(17,18)19/h2-7H,1,8H2,(H,20,25)(H,21,24). The SMILES string of the molecule is C=CC(=O)Nc1cc(NC(=O)Cn2ccc(C(F)(F)F)n2)ccc1F. The lowest BCUT2D eigenvalue weighted by Gasteiger charge is -2.09. The number of carbonyl (C=O) groups is 2. The first-order valence-corrected chi connectivity index (χ1v) is 6.82. The minimum absolute atomic E-state index is 0.147. The van der Waals surface area contributed by atoms with Crippen molar-refractivity contribution in [3.8, 4) is 0 Å². The average Bonchev–Trinajstić information content (AvgIpc) is 2.99. The molecule has 25 heavy (non-hydrogen) atoms. The van der Waals surface area contributed by atoms with Crippen molar-refractivity contribution in [3.05, 3.63) is 54.6 Å². The van der Waals surface area contributed by atoms with Crippen LogP contribution in [0.25, 0.3) is 0 Å². The van der Waals surface area contributed by atoms with Gasteiger partial charge in [-0.3, -0.25) is 14.3 Å². The summed E-state index contributed by atoms with van der Waals surface area (Å²) in [6.07, 6.45) is -2.64. The average molecular weight is 356 g/mol. The predicted molar refractivity (Wildman–Crippen MR) is 81.1 cm³/mol. The molecule has 0 saturated heterocycles. The molecule has 0 aliphatic heterocycles. The third kappa shape index (κ3) is 4.90. The summed E-state index contributed by atoms with van der Waals surface area (Å²) in [7, 11) is 0. The van der Waals surface area contributed by atoms with Crippen molar-refractivity contribution in [1.82, 2.24) is 9.78 Å². The summed E-state index contributed by atoms with van der Waals surface area (Å²) >= 11 is 0. The van der Waals surface area contributed by atoms with Gasteiger partial charge < -0.3 is 10.6 Å². The third-order valence-electron chi connectivity index (χ3n) is 2.93. The number of hydrogen-bond acceptors (Lipinski definition) is 3. The molecule has 0 atom stereocenters. The number of hydrogen-bond donors (Lipinski definition) is 2. The van der Waals surface area contributed by atoms with Crippen LogP contribution in [-0.4, -0.2) is 21.6 Å². The van der Waals surface area contributed by atoms with Gasteiger partial charge in [-0.2, -0.15) is 18.3 Å². The Bertz CT molecular complexity index is 814. The number of aromatic nitrogens is 2. The second-order valence-corrected chi connectivity index (χ2v) is 4.83. The van der Waals surface area contributed by atoms with Crippen LogP contribution < -0.4 is 10.6 Å². The molecule has 0 saturated carbocycles. The number of halogens is 4. The summed E-state index contributed by atoms with van der Waals surface area (Å²) in [6, 6.07) is 4.16. The van der Waals surface area contributed by atoms with Crippen molar-refractivity contribution in [2.75, 3.05) is 10.6 Å². The number of amides is 2. The molecule has 2 amide bonds. The van der Waals surface area contributed by atoms with Gasteiger partial charge in [0.05, 0.1) is 5.69 Å². The van der Waals surface area contributed by atoms with E-state index in [0.717, 1.165) is 29.1 Å². The van der Waals surface area contributed by atoms with Gasteiger partial charge in [-0.05, 0) is 30.3 Å². The topological polar surface area (TPSA) is 76.0 Å². The molecule has 1 aromatic carbocycles. The molecule has 2 N–H and O–H groups in total. The number of anilines is 2. The smallest absolute Gasteiger partial charge is 0.324 e. The highest BCUT2D eigenvalue weighted by Gasteiger charge is 2.33. The second kappa shape index (κ2) is 7.16. The number of nitrogens with one attached hydrogen (secondary N) is 2. The van der Waals surface area contributed by atoms with Crippen molar-refractivity contribution in [3.63, 3.8) is 0 Å². The summed E-state index contributed by atoms with van der Waals surface area (Å²) in [6.45, 7) is 2.76. The Labute approximate surface area is 139 Å². The summed E-state index contributed by atoms with van der Waals surface area (Å²) in [5, 5.41) is 7.84. The van der Waals surface area contributed by atoms with Gasteiger partial charge in [-0.25, -0.2) is 4.39 Å². The van der Waals surface area contributed by atoms with Crippen LogP contribution in [-0.2, 0) is 22.3 Å². The number of alkyl halides is 3. The van der Waals surface area contributed by atoms with E-state index in [1.165, 1.54) is 12.1 Å². The second-order valence-electron chi connectivity index (χ2n) is 4.83. The minimum Gasteiger partial charge on any atom is -0.324 e. The molecule has 0 radical (unpaired) electrons. The van der Waals surface area contributed by atoms with Gasteiger partial charge in [0.15, 0.2) is 5.69 Å². The highest BCUT2D eigenvalue weighted by molar-refractivity contribution is 5.99. The van der Waals surface area contributed by atoms with Crippen LogP contribution in [0.1, 0.15) is 5.69 Å². The lowest BCUT2D eigenvalue weighted by molar-refractivity contribution is -0.141. The van der Waals surface area contributed by atoms with E-state index in [0.29, 0.717) is 0 Å². The number of carbonyl (C=O) groups excluding carboxylic acids is 2. The fourth-order valence-electron chi connectivity index (χ4n) is 1.83. The van der Waals surface area contributed by atoms with Gasteiger partial charge >= 0.3 is 6.18 Å². The van der Waals surface area contributed by atoms with Crippen molar-refractivity contribution >= 4 is 23.2 Å². The first-order valence-electron chi connectivity index (χ1n) is 6.82. The Morgan fingerprint density at radius 1 is 1.24 bits per heavy atom. The Kier molecular flexibility index (Phi) is 5.20. The summed E-state index contributed by atoms with van der Waals surface area (Å²) in [4.78, 5) is 23.1. The van der Waals surface area contributed by atoms with Crippen molar-refractivity contribution in [1.29, 1.82) is 0 Å². The van der Waals surface area contributed by atoms with Gasteiger partial charge in [0, 0.05) is 11.9 Å². The molecular weight excluding hydrogens is 344 g/mol. The van der Waals surface area contributed by atoms with E-state index in [1.807, 2.05) is 0 Å². The van der Waals surface area contributed by atoms with Crippen LogP contribution in [0.3, 0.4) is 0 Å². The highest BCUT2D eigenvalue weighted by atomic mass is 19.4. The first-order chi connectivity index (χ1) is 11.7. The molecule has 0 aliphatic rings. The zero-order valence-corrected chi connectivity index (χ0v) is 12.6. The van der Waals surface area contributed by atoms with E-state index < -0.39 is 36.0 Å². The fourth-order valence-corrected chi connectivity index (χ4v) is 1.83. The van der Waals surface area contributed by atoms with Crippen LogP contribution >= 0.6 is 0 Å². The first kappa shape index (κ1) is 18.2. The van der Waals surface area contributed by atoms with Crippen molar-refractivity contribution in [2.45, 2.75) is 12.7 Å². The van der Waals surface area contributed by atoms with Crippen LogP contribution in [0, 0.1) is 5.82 Å². The van der Waals surface area contributed by atoms with Gasteiger partial charge in [0.1, 0.15) is 12.4 Å². The van der Waals surface area contributed by atoms with Gasteiger partial charge in [0.2, 0.25) is 11.8 Å². The zero-order valence-electron chi connectivity index (χ0n) is 12.6. The molecule has 1 heterocycles. The molecule has 132 valence electrons. The third-order valence-corrected chi connectivity index (χ3v) is 2.93. The number of benzene rings is 1. The molecule has 0 bridgehead atoms. The van der Waals surface area contributed by atoms with Crippen LogP contribution in [0.2, 0.25) is 0 Å². The largest absolute Gasteiger partial charge is 0.435 e. The van der Waals surface area contributed by atoms with Crippen LogP contribution in [0.5, 0.6) is 0 Å². The fraction of sp³-hybridized carbons (Fsp3) is 0.133. The summed E-state index contributed by atoms with van der Waals surface area (Å²) in [5.74, 6) is -2.04. The van der Waals surface area contributed by atoms with Crippen molar-refractivity contribution in [2.24, 2.45) is 0 Å². The van der Waals surface area contributed by atoms with E-state index in [9.17, 15) is 27.2 Å². The van der Waals surface area contributed by atoms with Crippen molar-refractivity contribution < 1.29 is 27.2 Å². The molecule has 6 nitrogen and oxygen atoms in total. The Morgan fingerprint density at radius 2 is 1.96 bits per heavy atom. The van der Waals surface area contributed by atoms with Gasteiger partial charge in [-0.15, -0.1) is 0 Å². The molecular formula is C15H12F4N4O2. The maximum absolute atomic E-state index is 13.6. The molecule has 10 heteroatoms. The molecule has 2 rings (SSSR count). The molecule has 0 fully saturated rings. The Balaban J connectivity index is 2.05. The van der Waals surface area contributed by atoms with E-state index in [1.54, 1.807) is 0 Å². The van der Waals surface area contributed by atoms with Gasteiger partial charge in [-0.1, -0.05) is 6.58 Å². The maximum atomic E-state index is 13.6. The molecule has 0 unspecified atom stereocenters. The van der Waals surface area contributed by atoms with E-state index >= 15 is 0 Å². The highest BCUT2D eigenvalue weighted by Crippen LogP contribution is 2.27. The Hall–Kier alpha value is -3.17. The number of rotatable bonds is 5. The monoisotopic (exact) mass is 356 g/mol. The summed E-state index contributed by atoms with van der Waals surface area (Å²) < 4.78 is 51.7. The molecule has 0 spiro atoms. The van der Waals surface area contributed by atoms with Crippen LogP contribution in [0.4, 0.5) is 28.9 Å². The summed E-state index contributed by atoms with van der Waals surface area (Å²) in [5.41, 5.74) is -1.15. The number of nitrogens with zero attached hydrogens (tertiary/aromatic N) is 2. The van der Waals surface area contributed by atoms with Gasteiger partial charge in [0.25, 0.3) is 0 Å². The lowest BCUT2D eigenvalue weighted by atomic mass is 10.2. The van der Waals surface area contributed by atoms with E-state index in [-0.39, 0.29) is 11.4 Å². The Morgan fingerprint density at radius 3 is 2.56 bits per heavy atom. The molecule has 1 aromatic heterocycles. The van der Waals surface area contributed by atoms with E-state index in [4.69, 9.17) is 0 Å². The minimum atomic E-state index is -4.60. The lowest BCUT2D eigenvalue weighted by Crippen LogP contribution is -2.20.